The molecule has 216 valence electrons. The number of aromatic hydroxyl groups is 2. The van der Waals surface area contributed by atoms with Crippen LogP contribution in [0.3, 0.4) is 0 Å². The molecule has 0 saturated heterocycles. The highest BCUT2D eigenvalue weighted by Crippen LogP contribution is 2.66. The van der Waals surface area contributed by atoms with Crippen LogP contribution in [0.1, 0.15) is 73.2 Å². The van der Waals surface area contributed by atoms with Crippen LogP contribution in [0.2, 0.25) is 0 Å². The molecule has 2 aromatic rings. The fraction of sp³-hybridized carbons (Fsp3) is 0.433. The van der Waals surface area contributed by atoms with Gasteiger partial charge in [-0.1, -0.05) is 25.5 Å². The van der Waals surface area contributed by atoms with Crippen LogP contribution in [-0.4, -0.2) is 66.4 Å². The SMILES string of the molecule is COc1cc(O)c2c(O)c3c(c4c2c1[C@]1(C4)C(C)=CCCC1(C)C)[C@H](O)[C@@]1(O)CC(O)=C(C(N)=O)C(=O)[C@@]1(O)C3=O. The van der Waals surface area contributed by atoms with Crippen molar-refractivity contribution in [2.75, 3.05) is 7.11 Å². The predicted octanol–water partition coefficient (Wildman–Crippen LogP) is 1.78. The van der Waals surface area contributed by atoms with Gasteiger partial charge in [0.15, 0.2) is 0 Å². The molecule has 0 fully saturated rings. The van der Waals surface area contributed by atoms with Gasteiger partial charge in [-0.3, -0.25) is 14.4 Å². The van der Waals surface area contributed by atoms with E-state index >= 15 is 0 Å². The van der Waals surface area contributed by atoms with Gasteiger partial charge >= 0.3 is 0 Å². The molecular weight excluding hydrogens is 534 g/mol. The summed E-state index contributed by atoms with van der Waals surface area (Å²) < 4.78 is 5.73. The first-order valence-corrected chi connectivity index (χ1v) is 13.3. The van der Waals surface area contributed by atoms with Crippen molar-refractivity contribution in [3.63, 3.8) is 0 Å². The highest BCUT2D eigenvalue weighted by molar-refractivity contribution is 6.34. The lowest BCUT2D eigenvalue weighted by molar-refractivity contribution is -0.196. The molecule has 11 nitrogen and oxygen atoms in total. The zero-order valence-electron chi connectivity index (χ0n) is 23.0. The Morgan fingerprint density at radius 1 is 1.07 bits per heavy atom. The third-order valence-electron chi connectivity index (χ3n) is 10.2. The molecule has 6 rings (SSSR count). The molecule has 1 amide bonds. The number of fused-ring (bicyclic) bond motifs is 4. The number of aliphatic hydroxyl groups is 4. The Morgan fingerprint density at radius 2 is 1.73 bits per heavy atom. The molecular formula is C30H31NO10. The van der Waals surface area contributed by atoms with Crippen LogP contribution in [0.25, 0.3) is 10.8 Å². The summed E-state index contributed by atoms with van der Waals surface area (Å²) in [4.78, 5) is 39.4. The second kappa shape index (κ2) is 7.87. The summed E-state index contributed by atoms with van der Waals surface area (Å²) in [6.45, 7) is 6.10. The van der Waals surface area contributed by atoms with Gasteiger partial charge in [0.25, 0.3) is 5.91 Å². The topological polar surface area (TPSA) is 208 Å². The number of primary amides is 1. The number of aliphatic hydroxyl groups excluding tert-OH is 2. The quantitative estimate of drug-likeness (QED) is 0.159. The van der Waals surface area contributed by atoms with E-state index in [0.29, 0.717) is 22.3 Å². The number of hydrogen-bond donors (Lipinski definition) is 7. The maximum absolute atomic E-state index is 14.1. The van der Waals surface area contributed by atoms with Crippen LogP contribution in [0.4, 0.5) is 0 Å². The van der Waals surface area contributed by atoms with Gasteiger partial charge in [0.2, 0.25) is 17.2 Å². The number of carbonyl (C=O) groups is 3. The maximum Gasteiger partial charge on any atom is 0.255 e. The van der Waals surface area contributed by atoms with Crippen molar-refractivity contribution in [3.05, 3.63) is 51.3 Å². The van der Waals surface area contributed by atoms with E-state index in [1.165, 1.54) is 13.2 Å². The fourth-order valence-electron chi connectivity index (χ4n) is 8.11. The number of allylic oxidation sites excluding steroid dienone is 2. The van der Waals surface area contributed by atoms with E-state index in [1.807, 2.05) is 6.92 Å². The highest BCUT2D eigenvalue weighted by Gasteiger charge is 2.72. The standard InChI is InChI=1S/C30H31NO10/c1-11-6-5-7-27(2,3)28(11)9-12-16-18(13(32)8-15(41-4)21(16)28)22(34)20-17(12)23(35)29(39)10-14(33)19(26(31)38)24(36)30(29,40)25(20)37/h6,8,23,32-35,39-40H,5,7,9-10H2,1-4H3,(H2,31,38)/t23-,28-,29-,30+/m0/s1. The van der Waals surface area contributed by atoms with Crippen molar-refractivity contribution in [2.24, 2.45) is 11.1 Å². The summed E-state index contributed by atoms with van der Waals surface area (Å²) in [5.74, 6) is -6.59. The van der Waals surface area contributed by atoms with E-state index in [-0.39, 0.29) is 17.4 Å². The van der Waals surface area contributed by atoms with Crippen LogP contribution >= 0.6 is 0 Å². The number of nitrogens with two attached hydrogens (primary N) is 1. The number of Topliss-reactive ketones (excluding diaryl/α,β-unsaturated/α-hetero) is 2. The zero-order chi connectivity index (χ0) is 30.2. The minimum Gasteiger partial charge on any atom is -0.511 e. The van der Waals surface area contributed by atoms with Gasteiger partial charge in [-0.2, -0.15) is 0 Å². The number of phenolic OH excluding ortho intramolecular Hbond substituents is 2. The second-order valence-electron chi connectivity index (χ2n) is 12.3. The van der Waals surface area contributed by atoms with E-state index in [4.69, 9.17) is 10.5 Å². The number of amides is 1. The lowest BCUT2D eigenvalue weighted by atomic mass is 9.54. The second-order valence-corrected chi connectivity index (χ2v) is 12.3. The molecule has 0 bridgehead atoms. The van der Waals surface area contributed by atoms with Crippen molar-refractivity contribution >= 4 is 28.2 Å². The Hall–Kier alpha value is -3.93. The number of rotatable bonds is 2. The normalized spacial score (nSPS) is 31.8. The number of ketones is 2. The third-order valence-corrected chi connectivity index (χ3v) is 10.2. The first kappa shape index (κ1) is 27.3. The molecule has 0 unspecified atom stereocenters. The monoisotopic (exact) mass is 565 g/mol. The lowest BCUT2D eigenvalue weighted by Crippen LogP contribution is -2.71. The van der Waals surface area contributed by atoms with E-state index in [2.05, 4.69) is 19.9 Å². The van der Waals surface area contributed by atoms with Crippen LogP contribution < -0.4 is 10.5 Å². The Labute approximate surface area is 234 Å². The largest absolute Gasteiger partial charge is 0.511 e. The number of carbonyl (C=O) groups excluding carboxylic acids is 3. The first-order valence-electron chi connectivity index (χ1n) is 13.3. The Kier molecular flexibility index (Phi) is 5.23. The van der Waals surface area contributed by atoms with Gasteiger partial charge in [-0.05, 0) is 37.2 Å². The predicted molar refractivity (Wildman–Crippen MR) is 144 cm³/mol. The molecule has 0 aliphatic heterocycles. The van der Waals surface area contributed by atoms with Crippen molar-refractivity contribution < 1.29 is 49.8 Å². The van der Waals surface area contributed by atoms with Crippen molar-refractivity contribution in [1.29, 1.82) is 0 Å². The number of benzene rings is 2. The molecule has 4 aliphatic carbocycles. The van der Waals surface area contributed by atoms with Gasteiger partial charge < -0.3 is 41.1 Å². The van der Waals surface area contributed by atoms with Gasteiger partial charge in [0.05, 0.1) is 18.1 Å². The molecule has 8 N–H and O–H groups in total. The van der Waals surface area contributed by atoms with Crippen molar-refractivity contribution in [1.82, 2.24) is 0 Å². The smallest absolute Gasteiger partial charge is 0.255 e. The van der Waals surface area contributed by atoms with Crippen molar-refractivity contribution in [3.8, 4) is 17.2 Å². The van der Waals surface area contributed by atoms with E-state index in [9.17, 15) is 45.0 Å². The first-order chi connectivity index (χ1) is 19.0. The van der Waals surface area contributed by atoms with Gasteiger partial charge in [-0.15, -0.1) is 0 Å². The fourth-order valence-corrected chi connectivity index (χ4v) is 8.11. The minimum atomic E-state index is -3.48. The number of methoxy groups -OCH3 is 1. The van der Waals surface area contributed by atoms with Gasteiger partial charge in [0.1, 0.15) is 40.3 Å². The van der Waals surface area contributed by atoms with Gasteiger partial charge in [-0.25, -0.2) is 0 Å². The van der Waals surface area contributed by atoms with Crippen LogP contribution in [0.15, 0.2) is 29.0 Å². The molecule has 0 heterocycles. The highest BCUT2D eigenvalue weighted by atomic mass is 16.5. The van der Waals surface area contributed by atoms with E-state index in [1.54, 1.807) is 0 Å². The summed E-state index contributed by atoms with van der Waals surface area (Å²) in [5, 5.41) is 68.5. The summed E-state index contributed by atoms with van der Waals surface area (Å²) in [6.07, 6.45) is 0.559. The molecule has 0 aromatic heterocycles. The lowest BCUT2D eigenvalue weighted by Gasteiger charge is -2.51. The van der Waals surface area contributed by atoms with E-state index in [0.717, 1.165) is 18.4 Å². The summed E-state index contributed by atoms with van der Waals surface area (Å²) in [5.41, 5.74) is -2.58. The molecule has 4 atom stereocenters. The summed E-state index contributed by atoms with van der Waals surface area (Å²) >= 11 is 0. The zero-order valence-corrected chi connectivity index (χ0v) is 23.0. The molecule has 0 radical (unpaired) electrons. The van der Waals surface area contributed by atoms with E-state index < -0.39 is 80.4 Å². The van der Waals surface area contributed by atoms with Crippen LogP contribution in [0, 0.1) is 5.41 Å². The van der Waals surface area contributed by atoms with Crippen LogP contribution in [0.5, 0.6) is 17.2 Å². The Balaban J connectivity index is 1.78. The summed E-state index contributed by atoms with van der Waals surface area (Å²) in [6, 6.07) is 1.32. The number of phenols is 2. The minimum absolute atomic E-state index is 0.146. The average Bonchev–Trinajstić information content (AvgIpc) is 3.24. The molecule has 11 heteroatoms. The molecule has 1 spiro atoms. The Morgan fingerprint density at radius 3 is 2.32 bits per heavy atom. The average molecular weight is 566 g/mol. The molecule has 2 aromatic carbocycles. The van der Waals surface area contributed by atoms with Crippen molar-refractivity contribution in [2.45, 2.75) is 69.2 Å². The number of hydrogen-bond acceptors (Lipinski definition) is 10. The maximum atomic E-state index is 14.1. The van der Waals surface area contributed by atoms with Crippen LogP contribution in [-0.2, 0) is 21.4 Å². The number of ether oxygens (including phenoxy) is 1. The van der Waals surface area contributed by atoms with Gasteiger partial charge in [0, 0.05) is 34.4 Å². The molecule has 41 heavy (non-hydrogen) atoms. The Bertz CT molecular complexity index is 1720. The molecule has 0 saturated carbocycles. The molecule has 4 aliphatic rings. The third kappa shape index (κ3) is 2.76. The summed E-state index contributed by atoms with van der Waals surface area (Å²) in [7, 11) is 1.44.